The first-order valence-electron chi connectivity index (χ1n) is 21.4. The van der Waals surface area contributed by atoms with Crippen molar-refractivity contribution in [2.75, 3.05) is 13.2 Å². The Morgan fingerprint density at radius 3 is 1.34 bits per heavy atom. The van der Waals surface area contributed by atoms with E-state index < -0.39 is 6.10 Å². The van der Waals surface area contributed by atoms with E-state index in [1.54, 1.807) is 0 Å². The van der Waals surface area contributed by atoms with Crippen LogP contribution in [0.3, 0.4) is 0 Å². The summed E-state index contributed by atoms with van der Waals surface area (Å²) < 4.78 is 16.6. The Kier molecular flexibility index (Phi) is 39.1. The molecule has 0 N–H and O–H groups in total. The minimum atomic E-state index is -0.808. The topological polar surface area (TPSA) is 78.9 Å². The molecular formula is C47H78O6. The molecule has 0 aliphatic heterocycles. The molecule has 0 spiro atoms. The molecule has 0 saturated carbocycles. The molecule has 0 rings (SSSR count). The summed E-state index contributed by atoms with van der Waals surface area (Å²) in [6, 6.07) is 0. The SMILES string of the molecule is CC/C=C\C/C=C\C/C=C\C/C=C\CCC(=O)OCC(COC(=O)CCCCCCC/C=C\CCC)OC(=O)CCCCCCC/C=C\CCCCC. The average molecular weight is 739 g/mol. The zero-order valence-electron chi connectivity index (χ0n) is 34.3. The first kappa shape index (κ1) is 49.9. The van der Waals surface area contributed by atoms with Crippen LogP contribution in [0.5, 0.6) is 0 Å². The molecule has 0 aromatic carbocycles. The van der Waals surface area contributed by atoms with E-state index in [1.807, 2.05) is 12.2 Å². The second kappa shape index (κ2) is 41.6. The Labute approximate surface area is 325 Å². The van der Waals surface area contributed by atoms with Crippen LogP contribution in [-0.4, -0.2) is 37.2 Å². The zero-order chi connectivity index (χ0) is 38.7. The number of esters is 3. The van der Waals surface area contributed by atoms with Crippen LogP contribution in [0.25, 0.3) is 0 Å². The van der Waals surface area contributed by atoms with Crippen molar-refractivity contribution in [1.82, 2.24) is 0 Å². The molecule has 0 amide bonds. The maximum Gasteiger partial charge on any atom is 0.306 e. The fourth-order valence-corrected chi connectivity index (χ4v) is 5.45. The molecule has 0 aromatic rings. The minimum Gasteiger partial charge on any atom is -0.462 e. The first-order chi connectivity index (χ1) is 26.0. The maximum atomic E-state index is 12.7. The molecule has 1 unspecified atom stereocenters. The molecule has 1 atom stereocenters. The van der Waals surface area contributed by atoms with E-state index >= 15 is 0 Å². The molecule has 302 valence electrons. The Morgan fingerprint density at radius 2 is 0.811 bits per heavy atom. The van der Waals surface area contributed by atoms with E-state index in [4.69, 9.17) is 14.2 Å². The van der Waals surface area contributed by atoms with Crippen molar-refractivity contribution in [2.24, 2.45) is 0 Å². The highest BCUT2D eigenvalue weighted by Crippen LogP contribution is 2.12. The summed E-state index contributed by atoms with van der Waals surface area (Å²) in [7, 11) is 0. The molecule has 53 heavy (non-hydrogen) atoms. The summed E-state index contributed by atoms with van der Waals surface area (Å²) in [5.74, 6) is -1.02. The van der Waals surface area contributed by atoms with Crippen LogP contribution < -0.4 is 0 Å². The van der Waals surface area contributed by atoms with Gasteiger partial charge < -0.3 is 14.2 Å². The number of carbonyl (C=O) groups is 3. The predicted molar refractivity (Wildman–Crippen MR) is 224 cm³/mol. The zero-order valence-corrected chi connectivity index (χ0v) is 34.3. The van der Waals surface area contributed by atoms with E-state index in [2.05, 4.69) is 81.5 Å². The Hall–Kier alpha value is -3.15. The second-order valence-electron chi connectivity index (χ2n) is 13.9. The van der Waals surface area contributed by atoms with Crippen LogP contribution in [0.4, 0.5) is 0 Å². The smallest absolute Gasteiger partial charge is 0.306 e. The normalized spacial score (nSPS) is 12.7. The van der Waals surface area contributed by atoms with Crippen molar-refractivity contribution < 1.29 is 28.6 Å². The van der Waals surface area contributed by atoms with Crippen molar-refractivity contribution in [2.45, 2.75) is 194 Å². The van der Waals surface area contributed by atoms with Gasteiger partial charge in [-0.3, -0.25) is 14.4 Å². The highest BCUT2D eigenvalue weighted by Gasteiger charge is 2.19. The van der Waals surface area contributed by atoms with Gasteiger partial charge in [0.25, 0.3) is 0 Å². The summed E-state index contributed by atoms with van der Waals surface area (Å²) >= 11 is 0. The standard InChI is InChI=1S/C47H78O6/c1-4-7-10-13-16-19-22-24-26-28-31-34-37-40-46(49)52-43-44(42-51-45(48)39-36-33-30-27-21-18-15-12-9-6-3)53-47(50)41-38-35-32-29-25-23-20-17-14-11-8-5-2/h7,10,12,15-17,19-20,24,26,31,34,44H,4-6,8-9,11,13-14,18,21-23,25,27-30,32-33,35-43H2,1-3H3/b10-7-,15-12-,19-16-,20-17-,26-24-,34-31-. The third kappa shape index (κ3) is 39.9. The van der Waals surface area contributed by atoms with Gasteiger partial charge in [0.05, 0.1) is 0 Å². The Morgan fingerprint density at radius 1 is 0.396 bits per heavy atom. The molecule has 0 saturated heterocycles. The average Bonchev–Trinajstić information content (AvgIpc) is 3.15. The lowest BCUT2D eigenvalue weighted by Gasteiger charge is -2.18. The minimum absolute atomic E-state index is 0.106. The number of hydrogen-bond donors (Lipinski definition) is 0. The highest BCUT2D eigenvalue weighted by molar-refractivity contribution is 5.71. The highest BCUT2D eigenvalue weighted by atomic mass is 16.6. The molecule has 6 heteroatoms. The summed E-state index contributed by atoms with van der Waals surface area (Å²) in [5.41, 5.74) is 0. The van der Waals surface area contributed by atoms with Gasteiger partial charge >= 0.3 is 17.9 Å². The van der Waals surface area contributed by atoms with Crippen LogP contribution in [0.2, 0.25) is 0 Å². The largest absolute Gasteiger partial charge is 0.462 e. The van der Waals surface area contributed by atoms with E-state index in [0.717, 1.165) is 96.3 Å². The van der Waals surface area contributed by atoms with Crippen molar-refractivity contribution in [3.8, 4) is 0 Å². The van der Waals surface area contributed by atoms with Gasteiger partial charge in [0.2, 0.25) is 0 Å². The lowest BCUT2D eigenvalue weighted by Crippen LogP contribution is -2.30. The summed E-state index contributed by atoms with van der Waals surface area (Å²) in [6.45, 7) is 6.32. The number of unbranched alkanes of at least 4 members (excludes halogenated alkanes) is 14. The Balaban J connectivity index is 4.52. The van der Waals surface area contributed by atoms with Crippen LogP contribution in [0.15, 0.2) is 72.9 Å². The molecule has 0 radical (unpaired) electrons. The van der Waals surface area contributed by atoms with E-state index in [-0.39, 0.29) is 37.5 Å². The number of hydrogen-bond acceptors (Lipinski definition) is 6. The number of rotatable bonds is 37. The van der Waals surface area contributed by atoms with Gasteiger partial charge in [-0.25, -0.2) is 0 Å². The maximum absolute atomic E-state index is 12.7. The predicted octanol–water partition coefficient (Wildman–Crippen LogP) is 13.5. The summed E-state index contributed by atoms with van der Waals surface area (Å²) in [4.78, 5) is 37.6. The Bertz CT molecular complexity index is 1030. The molecule has 0 bridgehead atoms. The molecule has 0 fully saturated rings. The molecule has 6 nitrogen and oxygen atoms in total. The van der Waals surface area contributed by atoms with Gasteiger partial charge in [-0.2, -0.15) is 0 Å². The van der Waals surface area contributed by atoms with Crippen LogP contribution in [0, 0.1) is 0 Å². The molecule has 0 aromatic heterocycles. The lowest BCUT2D eigenvalue weighted by atomic mass is 10.1. The van der Waals surface area contributed by atoms with E-state index in [1.165, 1.54) is 44.9 Å². The third-order valence-corrected chi connectivity index (χ3v) is 8.66. The quantitative estimate of drug-likeness (QED) is 0.0273. The van der Waals surface area contributed by atoms with E-state index in [9.17, 15) is 14.4 Å². The molecule has 0 heterocycles. The summed E-state index contributed by atoms with van der Waals surface area (Å²) in [5, 5.41) is 0. The van der Waals surface area contributed by atoms with Gasteiger partial charge in [0.15, 0.2) is 6.10 Å². The lowest BCUT2D eigenvalue weighted by molar-refractivity contribution is -0.166. The monoisotopic (exact) mass is 739 g/mol. The van der Waals surface area contributed by atoms with Gasteiger partial charge in [-0.1, -0.05) is 151 Å². The van der Waals surface area contributed by atoms with Gasteiger partial charge in [0.1, 0.15) is 13.2 Å². The van der Waals surface area contributed by atoms with Gasteiger partial charge in [0, 0.05) is 19.3 Å². The van der Waals surface area contributed by atoms with Gasteiger partial charge in [-0.15, -0.1) is 0 Å². The fraction of sp³-hybridized carbons (Fsp3) is 0.681. The van der Waals surface area contributed by atoms with E-state index in [0.29, 0.717) is 19.3 Å². The van der Waals surface area contributed by atoms with Crippen molar-refractivity contribution >= 4 is 17.9 Å². The second-order valence-corrected chi connectivity index (χ2v) is 13.9. The number of ether oxygens (including phenoxy) is 3. The van der Waals surface area contributed by atoms with Crippen molar-refractivity contribution in [3.05, 3.63) is 72.9 Å². The first-order valence-corrected chi connectivity index (χ1v) is 21.4. The van der Waals surface area contributed by atoms with Crippen molar-refractivity contribution in [1.29, 1.82) is 0 Å². The number of carbonyl (C=O) groups excluding carboxylic acids is 3. The van der Waals surface area contributed by atoms with Gasteiger partial charge in [-0.05, 0) is 89.9 Å². The number of allylic oxidation sites excluding steroid dienone is 12. The molecular weight excluding hydrogens is 661 g/mol. The van der Waals surface area contributed by atoms with Crippen LogP contribution in [0.1, 0.15) is 188 Å². The van der Waals surface area contributed by atoms with Crippen LogP contribution in [-0.2, 0) is 28.6 Å². The summed E-state index contributed by atoms with van der Waals surface area (Å²) in [6.07, 6.45) is 50.4. The third-order valence-electron chi connectivity index (χ3n) is 8.66. The molecule has 0 aliphatic carbocycles. The van der Waals surface area contributed by atoms with Crippen LogP contribution >= 0.6 is 0 Å². The molecule has 0 aliphatic rings. The van der Waals surface area contributed by atoms with Crippen molar-refractivity contribution in [3.63, 3.8) is 0 Å². The fourth-order valence-electron chi connectivity index (χ4n) is 5.45.